The number of anilines is 1. The number of aromatic nitrogens is 1. The molecule has 2 fully saturated rings. The summed E-state index contributed by atoms with van der Waals surface area (Å²) < 4.78 is 24.8. The maximum atomic E-state index is 12.6. The number of carbonyl (C=O) groups excluding carboxylic acids is 1. The van der Waals surface area contributed by atoms with E-state index in [2.05, 4.69) is 9.88 Å². The lowest BCUT2D eigenvalue weighted by Crippen LogP contribution is -2.35. The number of fused-ring (bicyclic) bond motifs is 1. The molecule has 0 spiro atoms. The Morgan fingerprint density at radius 1 is 1.24 bits per heavy atom. The van der Waals surface area contributed by atoms with Crippen molar-refractivity contribution < 1.29 is 13.2 Å². The highest BCUT2D eigenvalue weighted by atomic mass is 32.2. The Labute approximate surface area is 151 Å². The summed E-state index contributed by atoms with van der Waals surface area (Å²) in [6.45, 7) is 3.23. The highest BCUT2D eigenvalue weighted by molar-refractivity contribution is 7.91. The molecule has 2 aliphatic rings. The predicted octanol–water partition coefficient (Wildman–Crippen LogP) is 2.15. The largest absolute Gasteiger partial charge is 0.347 e. The van der Waals surface area contributed by atoms with Crippen LogP contribution in [0.3, 0.4) is 0 Å². The molecule has 2 saturated heterocycles. The molecule has 8 heteroatoms. The molecule has 1 atom stereocenters. The van der Waals surface area contributed by atoms with Gasteiger partial charge in [0.2, 0.25) is 5.91 Å². The maximum absolute atomic E-state index is 12.6. The maximum Gasteiger partial charge on any atom is 0.227 e. The fourth-order valence-corrected chi connectivity index (χ4v) is 5.60. The zero-order valence-electron chi connectivity index (χ0n) is 14.1. The lowest BCUT2D eigenvalue weighted by Gasteiger charge is -2.20. The van der Waals surface area contributed by atoms with Gasteiger partial charge in [-0.25, -0.2) is 13.4 Å². The molecule has 0 radical (unpaired) electrons. The third-order valence-electron chi connectivity index (χ3n) is 5.00. The summed E-state index contributed by atoms with van der Waals surface area (Å²) in [7, 11) is -3.31. The number of nitrogens with zero attached hydrogens (tertiary/aromatic N) is 3. The average Bonchev–Trinajstić information content (AvgIpc) is 3.30. The predicted molar refractivity (Wildman–Crippen MR) is 98.9 cm³/mol. The molecular weight excluding hydrogens is 358 g/mol. The Hall–Kier alpha value is -1.67. The van der Waals surface area contributed by atoms with Gasteiger partial charge in [0.15, 0.2) is 15.0 Å². The van der Waals surface area contributed by atoms with Crippen molar-refractivity contribution in [3.8, 4) is 0 Å². The van der Waals surface area contributed by atoms with Crippen LogP contribution >= 0.6 is 11.3 Å². The number of carbonyl (C=O) groups is 1. The Morgan fingerprint density at radius 3 is 2.72 bits per heavy atom. The molecular formula is C17H21N3O3S2. The number of para-hydroxylation sites is 1. The van der Waals surface area contributed by atoms with E-state index >= 15 is 0 Å². The summed E-state index contributed by atoms with van der Waals surface area (Å²) >= 11 is 1.50. The Balaban J connectivity index is 1.58. The fraction of sp³-hybridized carbons (Fsp3) is 0.529. The molecule has 0 aliphatic carbocycles. The van der Waals surface area contributed by atoms with Crippen molar-refractivity contribution in [3.63, 3.8) is 0 Å². The van der Waals surface area contributed by atoms with Crippen LogP contribution in [0.4, 0.5) is 5.13 Å². The zero-order valence-corrected chi connectivity index (χ0v) is 15.8. The lowest BCUT2D eigenvalue weighted by molar-refractivity contribution is -0.133. The molecule has 6 nitrogen and oxygen atoms in total. The SMILES string of the molecule is CS(=O)(=O)c1cccc2sc(N3CCC(C(=O)N4CCCC4)C3)nc12. The van der Waals surface area contributed by atoms with Gasteiger partial charge in [-0.3, -0.25) is 4.79 Å². The van der Waals surface area contributed by atoms with Crippen molar-refractivity contribution in [2.45, 2.75) is 24.2 Å². The Kier molecular flexibility index (Phi) is 4.19. The first-order valence-corrected chi connectivity index (χ1v) is 11.3. The molecule has 1 aromatic carbocycles. The zero-order chi connectivity index (χ0) is 17.6. The van der Waals surface area contributed by atoms with E-state index in [1.165, 1.54) is 17.6 Å². The van der Waals surface area contributed by atoms with Gasteiger partial charge in [0.1, 0.15) is 5.52 Å². The van der Waals surface area contributed by atoms with Crippen molar-refractivity contribution in [2.24, 2.45) is 5.92 Å². The molecule has 1 aromatic heterocycles. The second-order valence-corrected chi connectivity index (χ2v) is 9.83. The minimum atomic E-state index is -3.31. The topological polar surface area (TPSA) is 70.6 Å². The number of hydrogen-bond donors (Lipinski definition) is 0. The van der Waals surface area contributed by atoms with E-state index in [4.69, 9.17) is 0 Å². The van der Waals surface area contributed by atoms with Crippen LogP contribution < -0.4 is 4.90 Å². The van der Waals surface area contributed by atoms with Gasteiger partial charge in [-0.15, -0.1) is 0 Å². The summed E-state index contributed by atoms with van der Waals surface area (Å²) in [5.41, 5.74) is 0.541. The van der Waals surface area contributed by atoms with Gasteiger partial charge in [0, 0.05) is 32.4 Å². The number of amides is 1. The van der Waals surface area contributed by atoms with Crippen LogP contribution in [0.25, 0.3) is 10.2 Å². The molecule has 1 unspecified atom stereocenters. The number of likely N-dealkylation sites (tertiary alicyclic amines) is 1. The van der Waals surface area contributed by atoms with E-state index in [-0.39, 0.29) is 16.7 Å². The van der Waals surface area contributed by atoms with Gasteiger partial charge in [-0.2, -0.15) is 0 Å². The first kappa shape index (κ1) is 16.8. The molecule has 3 heterocycles. The molecule has 2 aliphatic heterocycles. The van der Waals surface area contributed by atoms with Crippen molar-refractivity contribution in [1.82, 2.24) is 9.88 Å². The van der Waals surface area contributed by atoms with E-state index in [1.807, 2.05) is 11.0 Å². The second kappa shape index (κ2) is 6.25. The minimum absolute atomic E-state index is 0.0273. The van der Waals surface area contributed by atoms with E-state index < -0.39 is 9.84 Å². The van der Waals surface area contributed by atoms with Crippen LogP contribution in [0.2, 0.25) is 0 Å². The molecule has 25 heavy (non-hydrogen) atoms. The van der Waals surface area contributed by atoms with Crippen molar-refractivity contribution in [2.75, 3.05) is 37.3 Å². The molecule has 1 amide bonds. The highest BCUT2D eigenvalue weighted by Crippen LogP contribution is 2.35. The van der Waals surface area contributed by atoms with Crippen molar-refractivity contribution in [1.29, 1.82) is 0 Å². The third kappa shape index (κ3) is 3.13. The quantitative estimate of drug-likeness (QED) is 0.817. The Bertz CT molecular complexity index is 916. The van der Waals surface area contributed by atoms with Crippen LogP contribution in [-0.4, -0.2) is 56.6 Å². The van der Waals surface area contributed by atoms with Gasteiger partial charge >= 0.3 is 0 Å². The Morgan fingerprint density at radius 2 is 2.00 bits per heavy atom. The monoisotopic (exact) mass is 379 g/mol. The van der Waals surface area contributed by atoms with Gasteiger partial charge in [0.25, 0.3) is 0 Å². The number of hydrogen-bond acceptors (Lipinski definition) is 6. The normalized spacial score (nSPS) is 21.4. The highest BCUT2D eigenvalue weighted by Gasteiger charge is 2.33. The van der Waals surface area contributed by atoms with Crippen LogP contribution in [-0.2, 0) is 14.6 Å². The van der Waals surface area contributed by atoms with E-state index in [9.17, 15) is 13.2 Å². The van der Waals surface area contributed by atoms with Crippen molar-refractivity contribution >= 4 is 42.4 Å². The van der Waals surface area contributed by atoms with Crippen LogP contribution in [0, 0.1) is 5.92 Å². The summed E-state index contributed by atoms with van der Waals surface area (Å²) in [6, 6.07) is 5.25. The molecule has 0 N–H and O–H groups in total. The summed E-state index contributed by atoms with van der Waals surface area (Å²) in [5.74, 6) is 0.289. The van der Waals surface area contributed by atoms with Gasteiger partial charge in [0.05, 0.1) is 15.5 Å². The first-order chi connectivity index (χ1) is 11.9. The summed E-state index contributed by atoms with van der Waals surface area (Å²) in [4.78, 5) is 21.6. The summed E-state index contributed by atoms with van der Waals surface area (Å²) in [5, 5.41) is 0.808. The second-order valence-electron chi connectivity index (χ2n) is 6.84. The fourth-order valence-electron chi connectivity index (χ4n) is 3.68. The van der Waals surface area contributed by atoms with Gasteiger partial charge in [-0.05, 0) is 31.4 Å². The van der Waals surface area contributed by atoms with E-state index in [0.717, 1.165) is 48.7 Å². The van der Waals surface area contributed by atoms with Crippen LogP contribution in [0.15, 0.2) is 23.1 Å². The van der Waals surface area contributed by atoms with Crippen molar-refractivity contribution in [3.05, 3.63) is 18.2 Å². The van der Waals surface area contributed by atoms with Gasteiger partial charge < -0.3 is 9.80 Å². The number of benzene rings is 1. The smallest absolute Gasteiger partial charge is 0.227 e. The average molecular weight is 380 g/mol. The van der Waals surface area contributed by atoms with E-state index in [1.54, 1.807) is 12.1 Å². The number of thiazole rings is 1. The molecule has 4 rings (SSSR count). The molecule has 0 saturated carbocycles. The van der Waals surface area contributed by atoms with Crippen LogP contribution in [0.5, 0.6) is 0 Å². The van der Waals surface area contributed by atoms with Crippen LogP contribution in [0.1, 0.15) is 19.3 Å². The first-order valence-electron chi connectivity index (χ1n) is 8.57. The number of sulfone groups is 1. The summed E-state index contributed by atoms with van der Waals surface area (Å²) in [6.07, 6.45) is 4.26. The standard InChI is InChI=1S/C17H21N3O3S2/c1-25(22,23)14-6-4-5-13-15(14)18-17(24-13)20-10-7-12(11-20)16(21)19-8-2-3-9-19/h4-6,12H,2-3,7-11H2,1H3. The molecule has 2 aromatic rings. The molecule has 0 bridgehead atoms. The van der Waals surface area contributed by atoms with Gasteiger partial charge in [-0.1, -0.05) is 17.4 Å². The minimum Gasteiger partial charge on any atom is -0.347 e. The van der Waals surface area contributed by atoms with E-state index in [0.29, 0.717) is 12.1 Å². The lowest BCUT2D eigenvalue weighted by atomic mass is 10.1. The number of rotatable bonds is 3. The third-order valence-corrected chi connectivity index (χ3v) is 7.21. The molecule has 134 valence electrons.